The van der Waals surface area contributed by atoms with E-state index in [1.165, 1.54) is 0 Å². The van der Waals surface area contributed by atoms with Gasteiger partial charge < -0.3 is 10.5 Å². The highest BCUT2D eigenvalue weighted by molar-refractivity contribution is 7.98. The second-order valence-electron chi connectivity index (χ2n) is 2.75. The van der Waals surface area contributed by atoms with Crippen molar-refractivity contribution in [2.24, 2.45) is 0 Å². The van der Waals surface area contributed by atoms with Gasteiger partial charge in [-0.15, -0.1) is 0 Å². The van der Waals surface area contributed by atoms with Crippen molar-refractivity contribution in [3.05, 3.63) is 29.8 Å². The van der Waals surface area contributed by atoms with Gasteiger partial charge in [-0.1, -0.05) is 6.07 Å². The Morgan fingerprint density at radius 2 is 2.36 bits per heavy atom. The predicted octanol–water partition coefficient (Wildman–Crippen LogP) is 1.79. The molecule has 0 bridgehead atoms. The van der Waals surface area contributed by atoms with Crippen molar-refractivity contribution in [2.75, 3.05) is 24.3 Å². The van der Waals surface area contributed by atoms with Gasteiger partial charge in [-0.05, 0) is 24.5 Å². The van der Waals surface area contributed by atoms with Crippen LogP contribution in [-0.2, 0) is 4.74 Å². The maximum Gasteiger partial charge on any atom is 0.338 e. The van der Waals surface area contributed by atoms with Crippen LogP contribution in [0, 0.1) is 0 Å². The number of rotatable bonds is 4. The van der Waals surface area contributed by atoms with Crippen molar-refractivity contribution in [1.82, 2.24) is 0 Å². The summed E-state index contributed by atoms with van der Waals surface area (Å²) in [6, 6.07) is 6.78. The Bertz CT molecular complexity index is 315. The molecule has 1 rings (SSSR count). The molecule has 76 valence electrons. The zero-order valence-electron chi connectivity index (χ0n) is 8.03. The molecule has 0 aromatic heterocycles. The highest BCUT2D eigenvalue weighted by atomic mass is 32.2. The van der Waals surface area contributed by atoms with E-state index in [2.05, 4.69) is 0 Å². The number of ether oxygens (including phenoxy) is 1. The Morgan fingerprint density at radius 3 is 3.00 bits per heavy atom. The van der Waals surface area contributed by atoms with Crippen molar-refractivity contribution in [2.45, 2.75) is 0 Å². The molecule has 1 aromatic carbocycles. The van der Waals surface area contributed by atoms with Crippen molar-refractivity contribution >= 4 is 23.4 Å². The summed E-state index contributed by atoms with van der Waals surface area (Å²) in [6.45, 7) is 0.439. The minimum Gasteiger partial charge on any atom is -0.461 e. The second-order valence-corrected chi connectivity index (χ2v) is 3.74. The fraction of sp³-hybridized carbons (Fsp3) is 0.300. The molecule has 0 amide bonds. The standard InChI is InChI=1S/C10H13NO2S/c1-14-6-5-13-10(12)8-3-2-4-9(11)7-8/h2-4,7H,5-6,11H2,1H3. The van der Waals surface area contributed by atoms with Gasteiger partial charge in [0.15, 0.2) is 0 Å². The van der Waals surface area contributed by atoms with E-state index in [1.54, 1.807) is 36.0 Å². The highest BCUT2D eigenvalue weighted by Gasteiger charge is 2.05. The molecule has 0 spiro atoms. The number of nitrogens with two attached hydrogens (primary N) is 1. The molecule has 0 fully saturated rings. The zero-order valence-corrected chi connectivity index (χ0v) is 8.84. The Morgan fingerprint density at radius 1 is 1.57 bits per heavy atom. The SMILES string of the molecule is CSCCOC(=O)c1cccc(N)c1. The number of esters is 1. The lowest BCUT2D eigenvalue weighted by molar-refractivity contribution is 0.0530. The lowest BCUT2D eigenvalue weighted by atomic mass is 10.2. The van der Waals surface area contributed by atoms with Crippen LogP contribution in [0.2, 0.25) is 0 Å². The molecule has 0 saturated carbocycles. The summed E-state index contributed by atoms with van der Waals surface area (Å²) in [5, 5.41) is 0. The van der Waals surface area contributed by atoms with E-state index in [4.69, 9.17) is 10.5 Å². The molecule has 0 heterocycles. The monoisotopic (exact) mass is 211 g/mol. The molecule has 0 aliphatic heterocycles. The molecule has 0 aliphatic rings. The van der Waals surface area contributed by atoms with Crippen LogP contribution in [0.15, 0.2) is 24.3 Å². The average Bonchev–Trinajstić information content (AvgIpc) is 2.18. The zero-order chi connectivity index (χ0) is 10.4. The summed E-state index contributed by atoms with van der Waals surface area (Å²) < 4.78 is 5.01. The van der Waals surface area contributed by atoms with E-state index in [1.807, 2.05) is 6.26 Å². The number of anilines is 1. The van der Waals surface area contributed by atoms with E-state index in [9.17, 15) is 4.79 Å². The minimum atomic E-state index is -0.314. The summed E-state index contributed by atoms with van der Waals surface area (Å²) in [6.07, 6.45) is 1.97. The van der Waals surface area contributed by atoms with Crippen molar-refractivity contribution in [3.8, 4) is 0 Å². The van der Waals surface area contributed by atoms with Gasteiger partial charge in [-0.2, -0.15) is 11.8 Å². The van der Waals surface area contributed by atoms with Crippen molar-refractivity contribution in [1.29, 1.82) is 0 Å². The highest BCUT2D eigenvalue weighted by Crippen LogP contribution is 2.08. The lowest BCUT2D eigenvalue weighted by Gasteiger charge is -2.03. The van der Waals surface area contributed by atoms with Crippen LogP contribution in [0.4, 0.5) is 5.69 Å². The topological polar surface area (TPSA) is 52.3 Å². The third-order valence-corrected chi connectivity index (χ3v) is 2.22. The van der Waals surface area contributed by atoms with Crippen molar-refractivity contribution < 1.29 is 9.53 Å². The van der Waals surface area contributed by atoms with E-state index in [-0.39, 0.29) is 5.97 Å². The smallest absolute Gasteiger partial charge is 0.338 e. The molecule has 3 nitrogen and oxygen atoms in total. The normalized spacial score (nSPS) is 9.79. The maximum absolute atomic E-state index is 11.4. The minimum absolute atomic E-state index is 0.314. The Kier molecular flexibility index (Phi) is 4.32. The van der Waals surface area contributed by atoms with Crippen LogP contribution in [0.5, 0.6) is 0 Å². The van der Waals surface area contributed by atoms with Gasteiger partial charge in [0.1, 0.15) is 6.61 Å². The lowest BCUT2D eigenvalue weighted by Crippen LogP contribution is -2.08. The first-order chi connectivity index (χ1) is 6.74. The molecule has 1 aromatic rings. The number of benzene rings is 1. The largest absolute Gasteiger partial charge is 0.461 e. The first-order valence-electron chi connectivity index (χ1n) is 4.25. The van der Waals surface area contributed by atoms with E-state index in [0.717, 1.165) is 5.75 Å². The van der Waals surface area contributed by atoms with Gasteiger partial charge in [0.05, 0.1) is 5.56 Å². The van der Waals surface area contributed by atoms with Crippen LogP contribution in [0.3, 0.4) is 0 Å². The predicted molar refractivity (Wildman–Crippen MR) is 59.5 cm³/mol. The van der Waals surface area contributed by atoms with Crippen LogP contribution in [-0.4, -0.2) is 24.6 Å². The quantitative estimate of drug-likeness (QED) is 0.468. The van der Waals surface area contributed by atoms with Crippen LogP contribution >= 0.6 is 11.8 Å². The van der Waals surface area contributed by atoms with Gasteiger partial charge in [-0.25, -0.2) is 4.79 Å². The van der Waals surface area contributed by atoms with Gasteiger partial charge in [0, 0.05) is 11.4 Å². The molecule has 0 unspecified atom stereocenters. The first kappa shape index (κ1) is 10.9. The Balaban J connectivity index is 2.52. The number of hydrogen-bond acceptors (Lipinski definition) is 4. The van der Waals surface area contributed by atoms with Crippen LogP contribution in [0.25, 0.3) is 0 Å². The molecular formula is C10H13NO2S. The fourth-order valence-electron chi connectivity index (χ4n) is 0.967. The molecule has 4 heteroatoms. The fourth-order valence-corrected chi connectivity index (χ4v) is 1.22. The maximum atomic E-state index is 11.4. The summed E-state index contributed by atoms with van der Waals surface area (Å²) >= 11 is 1.64. The summed E-state index contributed by atoms with van der Waals surface area (Å²) in [7, 11) is 0. The number of carbonyl (C=O) groups is 1. The first-order valence-corrected chi connectivity index (χ1v) is 5.65. The third kappa shape index (κ3) is 3.30. The summed E-state index contributed by atoms with van der Waals surface area (Å²) in [5.41, 5.74) is 6.62. The summed E-state index contributed by atoms with van der Waals surface area (Å²) in [4.78, 5) is 11.4. The van der Waals surface area contributed by atoms with Gasteiger partial charge >= 0.3 is 5.97 Å². The molecular weight excluding hydrogens is 198 g/mol. The average molecular weight is 211 g/mol. The molecule has 0 atom stereocenters. The molecule has 14 heavy (non-hydrogen) atoms. The van der Waals surface area contributed by atoms with Gasteiger partial charge in [0.25, 0.3) is 0 Å². The Hall–Kier alpha value is -1.16. The summed E-state index contributed by atoms with van der Waals surface area (Å²) in [5.74, 6) is 0.500. The van der Waals surface area contributed by atoms with E-state index >= 15 is 0 Å². The number of carbonyl (C=O) groups excluding carboxylic acids is 1. The molecule has 0 radical (unpaired) electrons. The molecule has 0 aliphatic carbocycles. The Labute approximate surface area is 87.6 Å². The number of hydrogen-bond donors (Lipinski definition) is 1. The number of nitrogen functional groups attached to an aromatic ring is 1. The van der Waals surface area contributed by atoms with Gasteiger partial charge in [-0.3, -0.25) is 0 Å². The van der Waals surface area contributed by atoms with E-state index in [0.29, 0.717) is 17.9 Å². The van der Waals surface area contributed by atoms with Crippen LogP contribution < -0.4 is 5.73 Å². The van der Waals surface area contributed by atoms with Gasteiger partial charge in [0.2, 0.25) is 0 Å². The van der Waals surface area contributed by atoms with Crippen LogP contribution in [0.1, 0.15) is 10.4 Å². The number of thioether (sulfide) groups is 1. The van der Waals surface area contributed by atoms with E-state index < -0.39 is 0 Å². The van der Waals surface area contributed by atoms with Crippen molar-refractivity contribution in [3.63, 3.8) is 0 Å². The molecule has 0 saturated heterocycles. The molecule has 2 N–H and O–H groups in total. The third-order valence-electron chi connectivity index (χ3n) is 1.64. The second kappa shape index (κ2) is 5.54.